The number of anilines is 1. The maximum Gasteiger partial charge on any atom is 0.414 e. The standard InChI is InChI=1S/C22H22FN7O2/c23-19-7-14(30-12-15(32-21(30)31)11-29-6-5-27-28-29)2-3-16(19)13-1-4-20(26-8-13)22(24)17-9-25-10-18(17)22/h1-8,15,17-18,25H,9-12,24H2/t15-,17?,18?,22?/m0/s1. The maximum atomic E-state index is 15.0. The third-order valence-electron chi connectivity index (χ3n) is 6.85. The van der Waals surface area contributed by atoms with Gasteiger partial charge in [-0.15, -0.1) is 5.10 Å². The summed E-state index contributed by atoms with van der Waals surface area (Å²) in [5, 5.41) is 11.0. The summed E-state index contributed by atoms with van der Waals surface area (Å²) in [5.41, 5.74) is 8.57. The van der Waals surface area contributed by atoms with Gasteiger partial charge in [-0.05, 0) is 24.3 Å². The van der Waals surface area contributed by atoms with Crippen molar-refractivity contribution in [2.24, 2.45) is 17.6 Å². The number of hydrogen-bond donors (Lipinski definition) is 2. The van der Waals surface area contributed by atoms with E-state index >= 15 is 0 Å². The third kappa shape index (κ3) is 2.98. The molecule has 0 bridgehead atoms. The van der Waals surface area contributed by atoms with Crippen molar-refractivity contribution in [1.82, 2.24) is 25.3 Å². The van der Waals surface area contributed by atoms with Gasteiger partial charge in [0.05, 0.1) is 36.2 Å². The molecule has 32 heavy (non-hydrogen) atoms. The van der Waals surface area contributed by atoms with E-state index in [1.165, 1.54) is 11.0 Å². The molecular weight excluding hydrogens is 413 g/mol. The molecule has 164 valence electrons. The Bertz CT molecular complexity index is 1160. The Kier molecular flexibility index (Phi) is 4.27. The number of halogens is 1. The fraction of sp³-hybridized carbons (Fsp3) is 0.364. The fourth-order valence-electron chi connectivity index (χ4n) is 5.04. The number of cyclic esters (lactones) is 1. The quantitative estimate of drug-likeness (QED) is 0.625. The highest BCUT2D eigenvalue weighted by atomic mass is 19.1. The number of pyridine rings is 1. The fourth-order valence-corrected chi connectivity index (χ4v) is 5.04. The van der Waals surface area contributed by atoms with Gasteiger partial charge in [-0.3, -0.25) is 9.88 Å². The van der Waals surface area contributed by atoms with E-state index in [-0.39, 0.29) is 11.6 Å². The first-order valence-electron chi connectivity index (χ1n) is 10.6. The molecule has 2 saturated heterocycles. The maximum absolute atomic E-state index is 15.0. The molecule has 3 aliphatic rings. The molecule has 9 nitrogen and oxygen atoms in total. The number of amides is 1. The van der Waals surface area contributed by atoms with Crippen molar-refractivity contribution in [3.05, 3.63) is 60.4 Å². The molecule has 0 spiro atoms. The number of benzene rings is 1. The van der Waals surface area contributed by atoms with Crippen molar-refractivity contribution in [2.75, 3.05) is 24.5 Å². The molecule has 3 N–H and O–H groups in total. The highest BCUT2D eigenvalue weighted by Gasteiger charge is 2.65. The number of nitrogens with two attached hydrogens (primary N) is 1. The summed E-state index contributed by atoms with van der Waals surface area (Å²) in [6.45, 7) is 2.53. The highest BCUT2D eigenvalue weighted by Crippen LogP contribution is 2.57. The summed E-state index contributed by atoms with van der Waals surface area (Å²) in [6, 6.07) is 8.48. The lowest BCUT2D eigenvalue weighted by atomic mass is 10.0. The van der Waals surface area contributed by atoms with E-state index < -0.39 is 11.9 Å². The molecule has 3 fully saturated rings. The van der Waals surface area contributed by atoms with Crippen molar-refractivity contribution < 1.29 is 13.9 Å². The monoisotopic (exact) mass is 435 g/mol. The first-order chi connectivity index (χ1) is 15.5. The third-order valence-corrected chi connectivity index (χ3v) is 6.85. The molecule has 3 atom stereocenters. The first kappa shape index (κ1) is 19.3. The molecule has 2 aliphatic heterocycles. The summed E-state index contributed by atoms with van der Waals surface area (Å²) >= 11 is 0. The van der Waals surface area contributed by atoms with Crippen LogP contribution in [0.4, 0.5) is 14.9 Å². The Morgan fingerprint density at radius 1 is 1.25 bits per heavy atom. The number of carbonyl (C=O) groups is 1. The predicted molar refractivity (Wildman–Crippen MR) is 113 cm³/mol. The first-order valence-corrected chi connectivity index (χ1v) is 10.6. The molecule has 2 unspecified atom stereocenters. The summed E-state index contributed by atoms with van der Waals surface area (Å²) in [4.78, 5) is 18.3. The van der Waals surface area contributed by atoms with Crippen LogP contribution in [0.2, 0.25) is 0 Å². The molecular formula is C22H22FN7O2. The number of nitrogens with zero attached hydrogens (tertiary/aromatic N) is 5. The number of fused-ring (bicyclic) bond motifs is 1. The van der Waals surface area contributed by atoms with Crippen LogP contribution in [-0.2, 0) is 16.8 Å². The van der Waals surface area contributed by atoms with Gasteiger partial charge < -0.3 is 15.8 Å². The number of ether oxygens (including phenoxy) is 1. The van der Waals surface area contributed by atoms with Gasteiger partial charge in [-0.2, -0.15) is 0 Å². The van der Waals surface area contributed by atoms with Gasteiger partial charge in [0.2, 0.25) is 0 Å². The zero-order valence-electron chi connectivity index (χ0n) is 17.2. The van der Waals surface area contributed by atoms with Gasteiger partial charge in [0.15, 0.2) is 0 Å². The van der Waals surface area contributed by atoms with Gasteiger partial charge in [0.25, 0.3) is 0 Å². The zero-order valence-corrected chi connectivity index (χ0v) is 17.2. The van der Waals surface area contributed by atoms with Crippen LogP contribution in [0.3, 0.4) is 0 Å². The molecule has 0 radical (unpaired) electrons. The lowest BCUT2D eigenvalue weighted by Crippen LogP contribution is -2.33. The van der Waals surface area contributed by atoms with E-state index in [0.29, 0.717) is 41.7 Å². The lowest BCUT2D eigenvalue weighted by Gasteiger charge is -2.16. The van der Waals surface area contributed by atoms with Crippen LogP contribution in [0.25, 0.3) is 11.1 Å². The van der Waals surface area contributed by atoms with Crippen LogP contribution >= 0.6 is 0 Å². The van der Waals surface area contributed by atoms with E-state index in [1.54, 1.807) is 35.4 Å². The minimum Gasteiger partial charge on any atom is -0.442 e. The van der Waals surface area contributed by atoms with E-state index in [0.717, 1.165) is 18.8 Å². The van der Waals surface area contributed by atoms with Gasteiger partial charge in [0, 0.05) is 48.4 Å². The second-order valence-electron chi connectivity index (χ2n) is 8.64. The van der Waals surface area contributed by atoms with Crippen molar-refractivity contribution in [3.8, 4) is 11.1 Å². The van der Waals surface area contributed by atoms with Gasteiger partial charge >= 0.3 is 6.09 Å². The number of piperidine rings is 1. The summed E-state index contributed by atoms with van der Waals surface area (Å²) in [7, 11) is 0. The van der Waals surface area contributed by atoms with Crippen LogP contribution in [0.15, 0.2) is 48.9 Å². The summed E-state index contributed by atoms with van der Waals surface area (Å²) in [5.74, 6) is 0.412. The van der Waals surface area contributed by atoms with Gasteiger partial charge in [-0.25, -0.2) is 13.9 Å². The van der Waals surface area contributed by atoms with E-state index in [1.807, 2.05) is 12.1 Å². The van der Waals surface area contributed by atoms with Crippen LogP contribution in [0.5, 0.6) is 0 Å². The molecule has 4 heterocycles. The Hall–Kier alpha value is -3.37. The summed E-state index contributed by atoms with van der Waals surface area (Å²) < 4.78 is 22.0. The minimum absolute atomic E-state index is 0.309. The normalized spacial score (nSPS) is 28.6. The van der Waals surface area contributed by atoms with E-state index in [4.69, 9.17) is 10.5 Å². The van der Waals surface area contributed by atoms with Crippen LogP contribution in [0, 0.1) is 17.7 Å². The van der Waals surface area contributed by atoms with Crippen LogP contribution in [0.1, 0.15) is 5.69 Å². The molecule has 6 rings (SSSR count). The Balaban J connectivity index is 1.19. The average Bonchev–Trinajstić information content (AvgIpc) is 3.36. The second kappa shape index (κ2) is 7.07. The largest absolute Gasteiger partial charge is 0.442 e. The topological polar surface area (TPSA) is 111 Å². The molecule has 10 heteroatoms. The number of nitrogens with one attached hydrogen (secondary N) is 1. The zero-order chi connectivity index (χ0) is 21.9. The minimum atomic E-state index is -0.508. The van der Waals surface area contributed by atoms with Crippen molar-refractivity contribution in [2.45, 2.75) is 18.2 Å². The van der Waals surface area contributed by atoms with Crippen LogP contribution < -0.4 is 16.0 Å². The number of aromatic nitrogens is 4. The smallest absolute Gasteiger partial charge is 0.414 e. The molecule has 1 aliphatic carbocycles. The molecule has 3 aromatic rings. The SMILES string of the molecule is NC1(c2ccc(-c3ccc(N4C[C@H](Cn5ccnn5)OC4=O)cc3F)cn2)C2CNCC21. The van der Waals surface area contributed by atoms with Gasteiger partial charge in [0.1, 0.15) is 11.9 Å². The molecule has 1 amide bonds. The van der Waals surface area contributed by atoms with Crippen molar-refractivity contribution in [1.29, 1.82) is 0 Å². The van der Waals surface area contributed by atoms with Crippen molar-refractivity contribution >= 4 is 11.8 Å². The number of carbonyl (C=O) groups excluding carboxylic acids is 1. The summed E-state index contributed by atoms with van der Waals surface area (Å²) in [6.07, 6.45) is 4.03. The Morgan fingerprint density at radius 3 is 2.78 bits per heavy atom. The Labute approximate surface area is 183 Å². The molecule has 2 aromatic heterocycles. The predicted octanol–water partition coefficient (Wildman–Crippen LogP) is 1.51. The molecule has 1 saturated carbocycles. The number of hydrogen-bond acceptors (Lipinski definition) is 7. The van der Waals surface area contributed by atoms with E-state index in [9.17, 15) is 9.18 Å². The van der Waals surface area contributed by atoms with Crippen LogP contribution in [-0.4, -0.2) is 51.8 Å². The van der Waals surface area contributed by atoms with Gasteiger partial charge in [-0.1, -0.05) is 11.3 Å². The highest BCUT2D eigenvalue weighted by molar-refractivity contribution is 5.90. The lowest BCUT2D eigenvalue weighted by molar-refractivity contribution is 0.129. The van der Waals surface area contributed by atoms with E-state index in [2.05, 4.69) is 20.6 Å². The van der Waals surface area contributed by atoms with Crippen molar-refractivity contribution in [3.63, 3.8) is 0 Å². The Morgan fingerprint density at radius 2 is 2.09 bits per heavy atom. The second-order valence-corrected chi connectivity index (χ2v) is 8.64. The average molecular weight is 435 g/mol. The number of rotatable bonds is 5. The molecule has 1 aromatic carbocycles.